The first kappa shape index (κ1) is 13.9. The number of aryl methyl sites for hydroxylation is 2. The van der Waals surface area contributed by atoms with E-state index < -0.39 is 0 Å². The minimum Gasteiger partial charge on any atom is -0.469 e. The Bertz CT molecular complexity index is 690. The van der Waals surface area contributed by atoms with E-state index in [4.69, 9.17) is 10.2 Å². The van der Waals surface area contributed by atoms with Gasteiger partial charge in [0.05, 0.1) is 18.4 Å². The summed E-state index contributed by atoms with van der Waals surface area (Å²) in [6, 6.07) is 7.30. The molecular weight excluding hydrogens is 252 g/mol. The maximum Gasteiger partial charge on any atom is 0.259 e. The van der Waals surface area contributed by atoms with Gasteiger partial charge in [0, 0.05) is 11.3 Å². The molecule has 0 bridgehead atoms. The molecule has 3 N–H and O–H groups in total. The van der Waals surface area contributed by atoms with Crippen LogP contribution in [0.15, 0.2) is 34.9 Å². The number of carbonyl (C=O) groups excluding carboxylic acids is 1. The van der Waals surface area contributed by atoms with Crippen LogP contribution in [0.5, 0.6) is 0 Å². The van der Waals surface area contributed by atoms with Crippen molar-refractivity contribution < 1.29 is 9.21 Å². The van der Waals surface area contributed by atoms with Crippen LogP contribution in [0.1, 0.15) is 27.2 Å². The Morgan fingerprint density at radius 1 is 1.35 bits per heavy atom. The zero-order valence-electron chi connectivity index (χ0n) is 11.5. The molecule has 0 unspecified atom stereocenters. The Kier molecular flexibility index (Phi) is 4.24. The number of nitrogens with one attached hydrogen (secondary N) is 1. The molecule has 4 nitrogen and oxygen atoms in total. The number of carbonyl (C=O) groups is 1. The lowest BCUT2D eigenvalue weighted by atomic mass is 10.1. The largest absolute Gasteiger partial charge is 0.469 e. The van der Waals surface area contributed by atoms with Crippen molar-refractivity contribution >= 4 is 11.6 Å². The van der Waals surface area contributed by atoms with Crippen molar-refractivity contribution in [3.63, 3.8) is 0 Å². The van der Waals surface area contributed by atoms with Gasteiger partial charge in [0.2, 0.25) is 0 Å². The normalized spacial score (nSPS) is 9.75. The summed E-state index contributed by atoms with van der Waals surface area (Å²) in [5.41, 5.74) is 8.41. The van der Waals surface area contributed by atoms with Crippen molar-refractivity contribution in [2.75, 3.05) is 11.9 Å². The molecule has 0 aliphatic heterocycles. The predicted molar refractivity (Wildman–Crippen MR) is 78.5 cm³/mol. The fourth-order valence-corrected chi connectivity index (χ4v) is 1.80. The number of nitrogens with two attached hydrogens (primary N) is 1. The van der Waals surface area contributed by atoms with E-state index in [0.29, 0.717) is 17.9 Å². The van der Waals surface area contributed by atoms with E-state index in [1.807, 2.05) is 25.1 Å². The van der Waals surface area contributed by atoms with Crippen molar-refractivity contribution in [2.24, 2.45) is 5.73 Å². The maximum atomic E-state index is 12.1. The molecular formula is C16H16N2O2. The summed E-state index contributed by atoms with van der Waals surface area (Å²) in [6.07, 6.45) is 1.50. The summed E-state index contributed by atoms with van der Waals surface area (Å²) in [6.45, 7) is 3.99. The van der Waals surface area contributed by atoms with Crippen LogP contribution in [0.3, 0.4) is 0 Å². The van der Waals surface area contributed by atoms with Crippen molar-refractivity contribution in [1.29, 1.82) is 0 Å². The summed E-state index contributed by atoms with van der Waals surface area (Å²) < 4.78 is 5.13. The summed E-state index contributed by atoms with van der Waals surface area (Å²) >= 11 is 0. The van der Waals surface area contributed by atoms with Gasteiger partial charge in [0.25, 0.3) is 5.91 Å². The molecule has 0 spiro atoms. The standard InChI is InChI=1S/C16H16N2O2/c1-11-5-6-13(4-3-8-17)10-15(11)18-16(19)14-7-9-20-12(14)2/h5-7,9-10H,8,17H2,1-2H3,(H,18,19). The Balaban J connectivity index is 2.25. The predicted octanol–water partition coefficient (Wildman–Crippen LogP) is 2.46. The molecule has 1 amide bonds. The minimum absolute atomic E-state index is 0.191. The molecule has 20 heavy (non-hydrogen) atoms. The highest BCUT2D eigenvalue weighted by Crippen LogP contribution is 2.18. The topological polar surface area (TPSA) is 68.3 Å². The molecule has 0 aliphatic carbocycles. The molecule has 0 saturated heterocycles. The summed E-state index contributed by atoms with van der Waals surface area (Å²) in [5, 5.41) is 2.87. The first-order valence-corrected chi connectivity index (χ1v) is 6.27. The molecule has 2 rings (SSSR count). The third-order valence-corrected chi connectivity index (χ3v) is 2.92. The third-order valence-electron chi connectivity index (χ3n) is 2.92. The van der Waals surface area contributed by atoms with Crippen molar-refractivity contribution in [2.45, 2.75) is 13.8 Å². The number of hydrogen-bond acceptors (Lipinski definition) is 3. The summed E-state index contributed by atoms with van der Waals surface area (Å²) in [7, 11) is 0. The average Bonchev–Trinajstić information content (AvgIpc) is 2.86. The van der Waals surface area contributed by atoms with Crippen LogP contribution in [-0.4, -0.2) is 12.5 Å². The van der Waals surface area contributed by atoms with Crippen LogP contribution < -0.4 is 11.1 Å². The SMILES string of the molecule is Cc1ccc(C#CCN)cc1NC(=O)c1ccoc1C. The van der Waals surface area contributed by atoms with Crippen molar-refractivity contribution in [3.05, 3.63) is 53.0 Å². The van der Waals surface area contributed by atoms with Crippen LogP contribution in [0.2, 0.25) is 0 Å². The Morgan fingerprint density at radius 3 is 2.80 bits per heavy atom. The van der Waals surface area contributed by atoms with E-state index in [9.17, 15) is 4.79 Å². The van der Waals surface area contributed by atoms with Crippen molar-refractivity contribution in [1.82, 2.24) is 0 Å². The lowest BCUT2D eigenvalue weighted by molar-refractivity contribution is 0.102. The van der Waals surface area contributed by atoms with Crippen molar-refractivity contribution in [3.8, 4) is 11.8 Å². The van der Waals surface area contributed by atoms with E-state index in [1.165, 1.54) is 6.26 Å². The highest BCUT2D eigenvalue weighted by molar-refractivity contribution is 6.05. The Morgan fingerprint density at radius 2 is 2.15 bits per heavy atom. The molecule has 4 heteroatoms. The molecule has 0 radical (unpaired) electrons. The first-order chi connectivity index (χ1) is 9.61. The van der Waals surface area contributed by atoms with Gasteiger partial charge in [-0.3, -0.25) is 4.79 Å². The van der Waals surface area contributed by atoms with Gasteiger partial charge in [-0.1, -0.05) is 17.9 Å². The number of amides is 1. The number of rotatable bonds is 2. The second-order valence-electron chi connectivity index (χ2n) is 4.38. The average molecular weight is 268 g/mol. The summed E-state index contributed by atoms with van der Waals surface area (Å²) in [5.74, 6) is 6.14. The van der Waals surface area contributed by atoms with Gasteiger partial charge in [-0.15, -0.1) is 0 Å². The number of furan rings is 1. The van der Waals surface area contributed by atoms with Gasteiger partial charge in [-0.25, -0.2) is 0 Å². The molecule has 1 aromatic heterocycles. The van der Waals surface area contributed by atoms with E-state index in [2.05, 4.69) is 17.2 Å². The number of benzene rings is 1. The first-order valence-electron chi connectivity index (χ1n) is 6.27. The molecule has 1 aromatic carbocycles. The van der Waals surface area contributed by atoms with Gasteiger partial charge in [0.15, 0.2) is 0 Å². The Labute approximate surface area is 118 Å². The quantitative estimate of drug-likeness (QED) is 0.822. The third kappa shape index (κ3) is 3.08. The zero-order valence-corrected chi connectivity index (χ0v) is 11.5. The zero-order chi connectivity index (χ0) is 14.5. The van der Waals surface area contributed by atoms with Crippen LogP contribution in [0.25, 0.3) is 0 Å². The number of hydrogen-bond donors (Lipinski definition) is 2. The van der Waals surface area contributed by atoms with Crippen LogP contribution >= 0.6 is 0 Å². The van der Waals surface area contributed by atoms with E-state index in [-0.39, 0.29) is 5.91 Å². The van der Waals surface area contributed by atoms with Crippen LogP contribution in [-0.2, 0) is 0 Å². The van der Waals surface area contributed by atoms with Crippen LogP contribution in [0, 0.1) is 25.7 Å². The minimum atomic E-state index is -0.191. The highest BCUT2D eigenvalue weighted by Gasteiger charge is 2.12. The highest BCUT2D eigenvalue weighted by atomic mass is 16.3. The fraction of sp³-hybridized carbons (Fsp3) is 0.188. The van der Waals surface area contributed by atoms with E-state index in [1.54, 1.807) is 13.0 Å². The maximum absolute atomic E-state index is 12.1. The number of anilines is 1. The van der Waals surface area contributed by atoms with Gasteiger partial charge in [0.1, 0.15) is 5.76 Å². The van der Waals surface area contributed by atoms with E-state index >= 15 is 0 Å². The summed E-state index contributed by atoms with van der Waals surface area (Å²) in [4.78, 5) is 12.1. The fourth-order valence-electron chi connectivity index (χ4n) is 1.80. The van der Waals surface area contributed by atoms with Gasteiger partial charge < -0.3 is 15.5 Å². The van der Waals surface area contributed by atoms with E-state index in [0.717, 1.165) is 16.8 Å². The molecule has 102 valence electrons. The molecule has 0 saturated carbocycles. The van der Waals surface area contributed by atoms with Gasteiger partial charge in [-0.2, -0.15) is 0 Å². The monoisotopic (exact) mass is 268 g/mol. The van der Waals surface area contributed by atoms with Gasteiger partial charge in [-0.05, 0) is 37.6 Å². The molecule has 1 heterocycles. The second-order valence-corrected chi connectivity index (χ2v) is 4.38. The van der Waals surface area contributed by atoms with Crippen LogP contribution in [0.4, 0.5) is 5.69 Å². The molecule has 0 atom stereocenters. The lowest BCUT2D eigenvalue weighted by Crippen LogP contribution is -2.13. The lowest BCUT2D eigenvalue weighted by Gasteiger charge is -2.08. The second kappa shape index (κ2) is 6.09. The molecule has 0 aliphatic rings. The Hall–Kier alpha value is -2.51. The molecule has 2 aromatic rings. The van der Waals surface area contributed by atoms with Gasteiger partial charge >= 0.3 is 0 Å². The smallest absolute Gasteiger partial charge is 0.259 e. The molecule has 0 fully saturated rings.